The second-order valence-corrected chi connectivity index (χ2v) is 4.12. The molecule has 4 heteroatoms. The van der Waals surface area contributed by atoms with Gasteiger partial charge in [-0.05, 0) is 44.2 Å². The number of amides is 1. The van der Waals surface area contributed by atoms with Crippen LogP contribution in [0.4, 0.5) is 0 Å². The molecule has 0 spiro atoms. The Hall–Kier alpha value is -2.23. The molecule has 0 aliphatic rings. The standard InChI is InChI=1S/C14H16N2O2/c1-10-7-8-11(2)16(10)15-14(17)12-5-4-6-13(9-12)18-3/h4-9H,1-3H3,(H,15,17). The fourth-order valence-corrected chi connectivity index (χ4v) is 1.78. The fourth-order valence-electron chi connectivity index (χ4n) is 1.78. The molecule has 0 bridgehead atoms. The van der Waals surface area contributed by atoms with Gasteiger partial charge in [-0.15, -0.1) is 0 Å². The molecule has 0 unspecified atom stereocenters. The molecular formula is C14H16N2O2. The summed E-state index contributed by atoms with van der Waals surface area (Å²) >= 11 is 0. The minimum absolute atomic E-state index is 0.156. The lowest BCUT2D eigenvalue weighted by Crippen LogP contribution is -2.24. The molecule has 1 heterocycles. The Morgan fingerprint density at radius 1 is 1.17 bits per heavy atom. The number of methoxy groups -OCH3 is 1. The number of carbonyl (C=O) groups is 1. The van der Waals surface area contributed by atoms with Crippen molar-refractivity contribution in [1.82, 2.24) is 4.68 Å². The number of hydrogen-bond donors (Lipinski definition) is 1. The Bertz CT molecular complexity index is 553. The molecule has 2 rings (SSSR count). The normalized spacial score (nSPS) is 10.2. The van der Waals surface area contributed by atoms with Crippen molar-refractivity contribution in [3.8, 4) is 5.75 Å². The molecule has 18 heavy (non-hydrogen) atoms. The number of aryl methyl sites for hydroxylation is 2. The maximum absolute atomic E-state index is 12.1. The van der Waals surface area contributed by atoms with Crippen LogP contribution in [0.5, 0.6) is 5.75 Å². The van der Waals surface area contributed by atoms with Gasteiger partial charge in [-0.25, -0.2) is 0 Å². The average molecular weight is 244 g/mol. The molecule has 1 amide bonds. The molecule has 0 atom stereocenters. The summed E-state index contributed by atoms with van der Waals surface area (Å²) in [5.41, 5.74) is 5.40. The van der Waals surface area contributed by atoms with Crippen LogP contribution in [0, 0.1) is 13.8 Å². The third-order valence-electron chi connectivity index (χ3n) is 2.82. The van der Waals surface area contributed by atoms with Crippen molar-refractivity contribution in [2.45, 2.75) is 13.8 Å². The van der Waals surface area contributed by atoms with Gasteiger partial charge in [0.25, 0.3) is 5.91 Å². The zero-order valence-corrected chi connectivity index (χ0v) is 10.7. The molecule has 0 fully saturated rings. The van der Waals surface area contributed by atoms with Gasteiger partial charge in [0.05, 0.1) is 7.11 Å². The number of hydrogen-bond acceptors (Lipinski definition) is 2. The molecule has 94 valence electrons. The number of aromatic nitrogens is 1. The zero-order chi connectivity index (χ0) is 13.1. The summed E-state index contributed by atoms with van der Waals surface area (Å²) in [7, 11) is 1.58. The van der Waals surface area contributed by atoms with E-state index < -0.39 is 0 Å². The third kappa shape index (κ3) is 2.37. The fraction of sp³-hybridized carbons (Fsp3) is 0.214. The van der Waals surface area contributed by atoms with Crippen molar-refractivity contribution < 1.29 is 9.53 Å². The van der Waals surface area contributed by atoms with Gasteiger partial charge in [-0.1, -0.05) is 6.07 Å². The van der Waals surface area contributed by atoms with E-state index in [0.717, 1.165) is 11.4 Å². The number of nitrogens with one attached hydrogen (secondary N) is 1. The Morgan fingerprint density at radius 2 is 1.83 bits per heavy atom. The zero-order valence-electron chi connectivity index (χ0n) is 10.7. The Kier molecular flexibility index (Phi) is 3.37. The van der Waals surface area contributed by atoms with E-state index in [0.29, 0.717) is 11.3 Å². The summed E-state index contributed by atoms with van der Waals surface area (Å²) in [6.07, 6.45) is 0. The Balaban J connectivity index is 2.22. The predicted molar refractivity (Wildman–Crippen MR) is 70.6 cm³/mol. The Morgan fingerprint density at radius 3 is 2.44 bits per heavy atom. The van der Waals surface area contributed by atoms with Gasteiger partial charge in [0.2, 0.25) is 0 Å². The minimum Gasteiger partial charge on any atom is -0.497 e. The number of nitrogens with zero attached hydrogens (tertiary/aromatic N) is 1. The molecule has 0 aliphatic heterocycles. The van der Waals surface area contributed by atoms with Crippen LogP contribution in [0.25, 0.3) is 0 Å². The van der Waals surface area contributed by atoms with Crippen LogP contribution in [0.3, 0.4) is 0 Å². The summed E-state index contributed by atoms with van der Waals surface area (Å²) in [4.78, 5) is 12.1. The number of rotatable bonds is 3. The molecule has 1 N–H and O–H groups in total. The molecule has 0 saturated heterocycles. The lowest BCUT2D eigenvalue weighted by molar-refractivity contribution is 0.101. The lowest BCUT2D eigenvalue weighted by Gasteiger charge is -2.11. The molecule has 1 aromatic heterocycles. The second-order valence-electron chi connectivity index (χ2n) is 4.12. The highest BCUT2D eigenvalue weighted by Crippen LogP contribution is 2.13. The first-order valence-corrected chi connectivity index (χ1v) is 5.72. The van der Waals surface area contributed by atoms with Crippen LogP contribution in [-0.2, 0) is 0 Å². The van der Waals surface area contributed by atoms with Gasteiger partial charge in [0, 0.05) is 17.0 Å². The van der Waals surface area contributed by atoms with Crippen LogP contribution in [0.15, 0.2) is 36.4 Å². The van der Waals surface area contributed by atoms with E-state index >= 15 is 0 Å². The van der Waals surface area contributed by atoms with E-state index in [1.807, 2.05) is 32.0 Å². The van der Waals surface area contributed by atoms with Gasteiger partial charge >= 0.3 is 0 Å². The number of benzene rings is 1. The lowest BCUT2D eigenvalue weighted by atomic mass is 10.2. The van der Waals surface area contributed by atoms with Crippen molar-refractivity contribution >= 4 is 5.91 Å². The topological polar surface area (TPSA) is 43.3 Å². The van der Waals surface area contributed by atoms with E-state index in [-0.39, 0.29) is 5.91 Å². The van der Waals surface area contributed by atoms with Crippen molar-refractivity contribution in [1.29, 1.82) is 0 Å². The first kappa shape index (κ1) is 12.2. The average Bonchev–Trinajstić information content (AvgIpc) is 2.70. The summed E-state index contributed by atoms with van der Waals surface area (Å²) < 4.78 is 6.87. The molecule has 2 aromatic rings. The number of carbonyl (C=O) groups excluding carboxylic acids is 1. The molecule has 0 radical (unpaired) electrons. The van der Waals surface area contributed by atoms with E-state index in [2.05, 4.69) is 5.43 Å². The van der Waals surface area contributed by atoms with E-state index in [1.165, 1.54) is 0 Å². The maximum Gasteiger partial charge on any atom is 0.270 e. The molecule has 1 aromatic carbocycles. The summed E-state index contributed by atoms with van der Waals surface area (Å²) in [5, 5.41) is 0. The summed E-state index contributed by atoms with van der Waals surface area (Å²) in [5.74, 6) is 0.514. The van der Waals surface area contributed by atoms with Gasteiger partial charge in [-0.2, -0.15) is 0 Å². The monoisotopic (exact) mass is 244 g/mol. The van der Waals surface area contributed by atoms with Gasteiger partial charge in [0.15, 0.2) is 0 Å². The third-order valence-corrected chi connectivity index (χ3v) is 2.82. The molecule has 0 saturated carbocycles. The van der Waals surface area contributed by atoms with Crippen molar-refractivity contribution in [2.75, 3.05) is 12.5 Å². The summed E-state index contributed by atoms with van der Waals surface area (Å²) in [6, 6.07) is 11.0. The van der Waals surface area contributed by atoms with Crippen molar-refractivity contribution in [3.05, 3.63) is 53.3 Å². The van der Waals surface area contributed by atoms with Crippen LogP contribution >= 0.6 is 0 Å². The van der Waals surface area contributed by atoms with Crippen molar-refractivity contribution in [2.24, 2.45) is 0 Å². The van der Waals surface area contributed by atoms with Gasteiger partial charge < -0.3 is 4.74 Å². The van der Waals surface area contributed by atoms with Crippen molar-refractivity contribution in [3.63, 3.8) is 0 Å². The Labute approximate surface area is 106 Å². The quantitative estimate of drug-likeness (QED) is 0.901. The maximum atomic E-state index is 12.1. The molecule has 0 aliphatic carbocycles. The second kappa shape index (κ2) is 4.96. The van der Waals surface area contributed by atoms with Crippen LogP contribution < -0.4 is 10.2 Å². The first-order chi connectivity index (χ1) is 8.61. The molecular weight excluding hydrogens is 228 g/mol. The highest BCUT2D eigenvalue weighted by atomic mass is 16.5. The van der Waals surface area contributed by atoms with Crippen LogP contribution in [0.1, 0.15) is 21.7 Å². The van der Waals surface area contributed by atoms with Crippen LogP contribution in [-0.4, -0.2) is 17.7 Å². The molecule has 4 nitrogen and oxygen atoms in total. The minimum atomic E-state index is -0.156. The van der Waals surface area contributed by atoms with Gasteiger partial charge in [0.1, 0.15) is 5.75 Å². The predicted octanol–water partition coefficient (Wildman–Crippen LogP) is 2.50. The highest BCUT2D eigenvalue weighted by Gasteiger charge is 2.09. The van der Waals surface area contributed by atoms with Gasteiger partial charge in [-0.3, -0.25) is 14.9 Å². The van der Waals surface area contributed by atoms with E-state index in [9.17, 15) is 4.79 Å². The smallest absolute Gasteiger partial charge is 0.270 e. The number of ether oxygens (including phenoxy) is 1. The van der Waals surface area contributed by atoms with Crippen LogP contribution in [0.2, 0.25) is 0 Å². The van der Waals surface area contributed by atoms with E-state index in [1.54, 1.807) is 30.0 Å². The first-order valence-electron chi connectivity index (χ1n) is 5.72. The SMILES string of the molecule is COc1cccc(C(=O)Nn2c(C)ccc2C)c1. The van der Waals surface area contributed by atoms with E-state index in [4.69, 9.17) is 4.74 Å². The largest absolute Gasteiger partial charge is 0.497 e. The summed E-state index contributed by atoms with van der Waals surface area (Å²) in [6.45, 7) is 3.89. The highest BCUT2D eigenvalue weighted by molar-refractivity contribution is 6.00.